The Kier molecular flexibility index (Phi) is 4.29. The van der Waals surface area contributed by atoms with Crippen LogP contribution >= 0.6 is 0 Å². The van der Waals surface area contributed by atoms with Crippen molar-refractivity contribution < 1.29 is 14.6 Å². The second kappa shape index (κ2) is 5.52. The van der Waals surface area contributed by atoms with E-state index >= 15 is 0 Å². The van der Waals surface area contributed by atoms with Crippen LogP contribution in [0.1, 0.15) is 22.8 Å². The number of ether oxygens (including phenoxy) is 1. The van der Waals surface area contributed by atoms with Crippen LogP contribution in [-0.2, 0) is 11.3 Å². The van der Waals surface area contributed by atoms with Crippen LogP contribution in [0.3, 0.4) is 0 Å². The van der Waals surface area contributed by atoms with Crippen LogP contribution in [0, 0.1) is 0 Å². The van der Waals surface area contributed by atoms with Crippen molar-refractivity contribution in [1.82, 2.24) is 0 Å². The Bertz CT molecular complexity index is 290. The summed E-state index contributed by atoms with van der Waals surface area (Å²) in [5.74, 6) is 0.0628. The van der Waals surface area contributed by atoms with Crippen molar-refractivity contribution in [2.45, 2.75) is 13.5 Å². The largest absolute Gasteiger partial charge is 0.394 e. The van der Waals surface area contributed by atoms with Gasteiger partial charge in [-0.3, -0.25) is 4.79 Å². The zero-order valence-corrected chi connectivity index (χ0v) is 8.19. The van der Waals surface area contributed by atoms with E-state index in [0.717, 1.165) is 5.56 Å². The molecule has 0 atom stereocenters. The topological polar surface area (TPSA) is 46.5 Å². The van der Waals surface area contributed by atoms with Gasteiger partial charge in [0, 0.05) is 5.56 Å². The van der Waals surface area contributed by atoms with E-state index in [-0.39, 0.29) is 12.4 Å². The quantitative estimate of drug-likeness (QED) is 0.569. The minimum atomic E-state index is 0.0333. The molecule has 3 nitrogen and oxygen atoms in total. The highest BCUT2D eigenvalue weighted by molar-refractivity contribution is 5.93. The molecular formula is C11H14O3. The zero-order valence-electron chi connectivity index (χ0n) is 8.19. The molecule has 0 aliphatic carbocycles. The Balaban J connectivity index is 2.51. The van der Waals surface area contributed by atoms with Crippen molar-refractivity contribution in [3.05, 3.63) is 35.4 Å². The first kappa shape index (κ1) is 10.9. The SMILES string of the molecule is CC(=O)c1ccc(COCCO)cc1. The van der Waals surface area contributed by atoms with Gasteiger partial charge in [0.15, 0.2) is 5.78 Å². The number of hydrogen-bond donors (Lipinski definition) is 1. The maximum Gasteiger partial charge on any atom is 0.159 e. The van der Waals surface area contributed by atoms with Crippen LogP contribution in [0.25, 0.3) is 0 Å². The Morgan fingerprint density at radius 2 is 2.00 bits per heavy atom. The summed E-state index contributed by atoms with van der Waals surface area (Å²) in [7, 11) is 0. The molecule has 1 aromatic rings. The number of Topliss-reactive ketones (excluding diaryl/α,β-unsaturated/α-hetero) is 1. The Morgan fingerprint density at radius 3 is 2.50 bits per heavy atom. The van der Waals surface area contributed by atoms with Crippen molar-refractivity contribution in [1.29, 1.82) is 0 Å². The summed E-state index contributed by atoms with van der Waals surface area (Å²) in [5, 5.41) is 8.49. The van der Waals surface area contributed by atoms with Gasteiger partial charge in [-0.1, -0.05) is 24.3 Å². The van der Waals surface area contributed by atoms with Gasteiger partial charge in [0.2, 0.25) is 0 Å². The standard InChI is InChI=1S/C11H14O3/c1-9(13)11-4-2-10(3-5-11)8-14-7-6-12/h2-5,12H,6-8H2,1H3. The van der Waals surface area contributed by atoms with Crippen LogP contribution in [0.4, 0.5) is 0 Å². The van der Waals surface area contributed by atoms with Gasteiger partial charge in [0.25, 0.3) is 0 Å². The fourth-order valence-corrected chi connectivity index (χ4v) is 1.09. The minimum Gasteiger partial charge on any atom is -0.394 e. The smallest absolute Gasteiger partial charge is 0.159 e. The molecule has 76 valence electrons. The third-order valence-corrected chi connectivity index (χ3v) is 1.86. The molecular weight excluding hydrogens is 180 g/mol. The van der Waals surface area contributed by atoms with Gasteiger partial charge in [-0.25, -0.2) is 0 Å². The summed E-state index contributed by atoms with van der Waals surface area (Å²) >= 11 is 0. The summed E-state index contributed by atoms with van der Waals surface area (Å²) in [6.07, 6.45) is 0. The number of carbonyl (C=O) groups excluding carboxylic acids is 1. The first-order valence-electron chi connectivity index (χ1n) is 4.52. The number of aliphatic hydroxyl groups is 1. The second-order valence-electron chi connectivity index (χ2n) is 3.03. The van der Waals surface area contributed by atoms with Crippen LogP contribution in [-0.4, -0.2) is 24.1 Å². The Hall–Kier alpha value is -1.19. The summed E-state index contributed by atoms with van der Waals surface area (Å²) in [4.78, 5) is 11.0. The van der Waals surface area contributed by atoms with E-state index < -0.39 is 0 Å². The van der Waals surface area contributed by atoms with Crippen molar-refractivity contribution in [3.8, 4) is 0 Å². The molecule has 0 aliphatic heterocycles. The molecule has 0 amide bonds. The maximum atomic E-state index is 11.0. The molecule has 1 rings (SSSR count). The number of aliphatic hydroxyl groups excluding tert-OH is 1. The van der Waals surface area contributed by atoms with Crippen LogP contribution in [0.5, 0.6) is 0 Å². The summed E-state index contributed by atoms with van der Waals surface area (Å²) in [5.41, 5.74) is 1.71. The Labute approximate surface area is 83.3 Å². The molecule has 1 N–H and O–H groups in total. The molecule has 0 saturated heterocycles. The average molecular weight is 194 g/mol. The second-order valence-corrected chi connectivity index (χ2v) is 3.03. The lowest BCUT2D eigenvalue weighted by Crippen LogP contribution is -1.99. The zero-order chi connectivity index (χ0) is 10.4. The number of carbonyl (C=O) groups is 1. The van der Waals surface area contributed by atoms with Crippen molar-refractivity contribution >= 4 is 5.78 Å². The lowest BCUT2D eigenvalue weighted by molar-refractivity contribution is 0.0815. The van der Waals surface area contributed by atoms with Gasteiger partial charge in [0.05, 0.1) is 19.8 Å². The molecule has 0 spiro atoms. The van der Waals surface area contributed by atoms with E-state index in [1.165, 1.54) is 6.92 Å². The van der Waals surface area contributed by atoms with E-state index in [9.17, 15) is 4.79 Å². The van der Waals surface area contributed by atoms with E-state index in [4.69, 9.17) is 9.84 Å². The monoisotopic (exact) mass is 194 g/mol. The van der Waals surface area contributed by atoms with Gasteiger partial charge in [0.1, 0.15) is 0 Å². The molecule has 14 heavy (non-hydrogen) atoms. The van der Waals surface area contributed by atoms with Gasteiger partial charge in [-0.2, -0.15) is 0 Å². The normalized spacial score (nSPS) is 10.1. The van der Waals surface area contributed by atoms with Crippen molar-refractivity contribution in [2.75, 3.05) is 13.2 Å². The highest BCUT2D eigenvalue weighted by Gasteiger charge is 1.98. The van der Waals surface area contributed by atoms with Gasteiger partial charge < -0.3 is 9.84 Å². The number of hydrogen-bond acceptors (Lipinski definition) is 3. The molecule has 3 heteroatoms. The summed E-state index contributed by atoms with van der Waals surface area (Å²) < 4.78 is 5.13. The van der Waals surface area contributed by atoms with Crippen molar-refractivity contribution in [3.63, 3.8) is 0 Å². The third-order valence-electron chi connectivity index (χ3n) is 1.86. The minimum absolute atomic E-state index is 0.0333. The van der Waals surface area contributed by atoms with Crippen LogP contribution in [0.2, 0.25) is 0 Å². The molecule has 0 saturated carbocycles. The molecule has 0 bridgehead atoms. The number of benzene rings is 1. The predicted molar refractivity (Wildman–Crippen MR) is 53.2 cm³/mol. The molecule has 0 aliphatic rings. The molecule has 0 fully saturated rings. The first-order valence-corrected chi connectivity index (χ1v) is 4.52. The van der Waals surface area contributed by atoms with Crippen molar-refractivity contribution in [2.24, 2.45) is 0 Å². The van der Waals surface area contributed by atoms with Gasteiger partial charge >= 0.3 is 0 Å². The number of ketones is 1. The highest BCUT2D eigenvalue weighted by atomic mass is 16.5. The lowest BCUT2D eigenvalue weighted by atomic mass is 10.1. The summed E-state index contributed by atoms with van der Waals surface area (Å²) in [6, 6.07) is 7.27. The fourth-order valence-electron chi connectivity index (χ4n) is 1.09. The maximum absolute atomic E-state index is 11.0. The van der Waals surface area contributed by atoms with Crippen LogP contribution < -0.4 is 0 Å². The first-order chi connectivity index (χ1) is 6.74. The predicted octanol–water partition coefficient (Wildman–Crippen LogP) is 1.40. The van der Waals surface area contributed by atoms with E-state index in [2.05, 4.69) is 0 Å². The molecule has 0 unspecified atom stereocenters. The van der Waals surface area contributed by atoms with Gasteiger partial charge in [-0.15, -0.1) is 0 Å². The van der Waals surface area contributed by atoms with Crippen LogP contribution in [0.15, 0.2) is 24.3 Å². The number of rotatable bonds is 5. The van der Waals surface area contributed by atoms with E-state index in [1.54, 1.807) is 12.1 Å². The van der Waals surface area contributed by atoms with E-state index in [1.807, 2.05) is 12.1 Å². The molecule has 0 heterocycles. The lowest BCUT2D eigenvalue weighted by Gasteiger charge is -2.02. The fraction of sp³-hybridized carbons (Fsp3) is 0.364. The average Bonchev–Trinajstić information content (AvgIpc) is 2.19. The van der Waals surface area contributed by atoms with E-state index in [0.29, 0.717) is 18.8 Å². The third kappa shape index (κ3) is 3.28. The Morgan fingerprint density at radius 1 is 1.36 bits per heavy atom. The molecule has 0 radical (unpaired) electrons. The molecule has 0 aromatic heterocycles. The summed E-state index contributed by atoms with van der Waals surface area (Å²) in [6.45, 7) is 2.38. The molecule has 1 aromatic carbocycles. The highest BCUT2D eigenvalue weighted by Crippen LogP contribution is 2.06. The van der Waals surface area contributed by atoms with Gasteiger partial charge in [-0.05, 0) is 12.5 Å².